The third-order valence-electron chi connectivity index (χ3n) is 4.86. The number of nitrogens with zero attached hydrogens (tertiary/aromatic N) is 4. The Morgan fingerprint density at radius 1 is 1.10 bits per heavy atom. The molecule has 2 N–H and O–H groups in total. The van der Waals surface area contributed by atoms with Gasteiger partial charge in [0.25, 0.3) is 0 Å². The minimum Gasteiger partial charge on any atom is -0.493 e. The summed E-state index contributed by atoms with van der Waals surface area (Å²) < 4.78 is 1.72. The zero-order chi connectivity index (χ0) is 21.7. The number of fused-ring (bicyclic) bond motifs is 1. The second kappa shape index (κ2) is 9.32. The van der Waals surface area contributed by atoms with E-state index in [-0.39, 0.29) is 11.6 Å². The van der Waals surface area contributed by atoms with Crippen LogP contribution in [0.25, 0.3) is 10.9 Å². The Kier molecular flexibility index (Phi) is 6.58. The van der Waals surface area contributed by atoms with Gasteiger partial charge in [0.2, 0.25) is 5.88 Å². The molecule has 8 heteroatoms. The summed E-state index contributed by atoms with van der Waals surface area (Å²) in [6.45, 7) is 8.06. The van der Waals surface area contributed by atoms with Gasteiger partial charge in [-0.05, 0) is 43.8 Å². The molecule has 156 valence electrons. The van der Waals surface area contributed by atoms with E-state index in [1.54, 1.807) is 28.8 Å². The first kappa shape index (κ1) is 21.2. The van der Waals surface area contributed by atoms with Crippen molar-refractivity contribution in [3.05, 3.63) is 54.1 Å². The topological polar surface area (TPSA) is 99.3 Å². The molecule has 0 radical (unpaired) electrons. The van der Waals surface area contributed by atoms with Crippen LogP contribution in [0.3, 0.4) is 0 Å². The Labute approximate surface area is 174 Å². The van der Waals surface area contributed by atoms with Gasteiger partial charge in [0.1, 0.15) is 0 Å². The predicted molar refractivity (Wildman–Crippen MR) is 116 cm³/mol. The predicted octanol–water partition coefficient (Wildman–Crippen LogP) is 4.20. The minimum absolute atomic E-state index is 0.0984. The zero-order valence-corrected chi connectivity index (χ0v) is 17.3. The van der Waals surface area contributed by atoms with Crippen molar-refractivity contribution < 1.29 is 14.7 Å². The first-order valence-electron chi connectivity index (χ1n) is 9.80. The van der Waals surface area contributed by atoms with Crippen LogP contribution in [0.5, 0.6) is 5.88 Å². The van der Waals surface area contributed by atoms with Crippen LogP contribution >= 0.6 is 0 Å². The van der Waals surface area contributed by atoms with Gasteiger partial charge in [-0.1, -0.05) is 44.2 Å². The maximum absolute atomic E-state index is 12.2. The summed E-state index contributed by atoms with van der Waals surface area (Å²) in [4.78, 5) is 26.4. The molecule has 0 aliphatic rings. The first-order valence-corrected chi connectivity index (χ1v) is 9.80. The summed E-state index contributed by atoms with van der Waals surface area (Å²) >= 11 is 0. The van der Waals surface area contributed by atoms with Crippen molar-refractivity contribution in [3.63, 3.8) is 0 Å². The molecule has 2 amide bonds. The van der Waals surface area contributed by atoms with E-state index in [0.717, 1.165) is 24.2 Å². The lowest BCUT2D eigenvalue weighted by Gasteiger charge is -2.19. The lowest BCUT2D eigenvalue weighted by atomic mass is 10.2. The molecular formula is C22H25N5O3. The molecule has 30 heavy (non-hydrogen) atoms. The highest BCUT2D eigenvalue weighted by atomic mass is 16.3. The molecule has 0 bridgehead atoms. The number of benzene rings is 2. The normalized spacial score (nSPS) is 11.5. The molecule has 0 unspecified atom stereocenters. The number of rotatable bonds is 6. The smallest absolute Gasteiger partial charge is 0.353 e. The SMILES string of the molecule is CCN(CC)Cn1c(O)c(N=NC(=O)C(=O)Nc2cccc(C)c2)c2ccccc21. The maximum Gasteiger partial charge on any atom is 0.353 e. The molecule has 2 aromatic carbocycles. The van der Waals surface area contributed by atoms with E-state index in [9.17, 15) is 14.7 Å². The van der Waals surface area contributed by atoms with Crippen LogP contribution < -0.4 is 5.32 Å². The number of azo groups is 1. The number of aromatic hydroxyl groups is 1. The van der Waals surface area contributed by atoms with Crippen molar-refractivity contribution in [2.24, 2.45) is 10.2 Å². The number of nitrogens with one attached hydrogen (secondary N) is 1. The number of hydrogen-bond acceptors (Lipinski definition) is 5. The number of anilines is 1. The molecule has 1 aromatic heterocycles. The van der Waals surface area contributed by atoms with E-state index >= 15 is 0 Å². The van der Waals surface area contributed by atoms with Gasteiger partial charge in [-0.3, -0.25) is 19.1 Å². The van der Waals surface area contributed by atoms with Crippen LogP contribution in [-0.2, 0) is 16.3 Å². The van der Waals surface area contributed by atoms with Crippen LogP contribution in [-0.4, -0.2) is 39.5 Å². The number of hydrogen-bond donors (Lipinski definition) is 2. The summed E-state index contributed by atoms with van der Waals surface area (Å²) in [6, 6.07) is 14.4. The highest BCUT2D eigenvalue weighted by Crippen LogP contribution is 2.38. The van der Waals surface area contributed by atoms with Crippen molar-refractivity contribution >= 4 is 34.1 Å². The monoisotopic (exact) mass is 407 g/mol. The van der Waals surface area contributed by atoms with Crippen LogP contribution in [0.4, 0.5) is 11.4 Å². The molecular weight excluding hydrogens is 382 g/mol. The Morgan fingerprint density at radius 3 is 2.53 bits per heavy atom. The number of aromatic nitrogens is 1. The fourth-order valence-electron chi connectivity index (χ4n) is 3.19. The second-order valence-corrected chi connectivity index (χ2v) is 6.89. The van der Waals surface area contributed by atoms with Crippen LogP contribution in [0.2, 0.25) is 0 Å². The minimum atomic E-state index is -1.04. The van der Waals surface area contributed by atoms with Crippen molar-refractivity contribution in [3.8, 4) is 5.88 Å². The third-order valence-corrected chi connectivity index (χ3v) is 4.86. The molecule has 0 saturated heterocycles. The van der Waals surface area contributed by atoms with E-state index in [1.807, 2.05) is 45.0 Å². The molecule has 0 fully saturated rings. The standard InChI is InChI=1S/C22H25N5O3/c1-4-26(5-2)14-27-18-12-7-6-11-17(18)19(22(27)30)24-25-21(29)20(28)23-16-10-8-9-15(3)13-16/h6-13,30H,4-5,14H2,1-3H3,(H,23,28). The zero-order valence-electron chi connectivity index (χ0n) is 17.3. The first-order chi connectivity index (χ1) is 14.4. The third kappa shape index (κ3) is 4.55. The Hall–Kier alpha value is -3.52. The molecule has 0 aliphatic heterocycles. The van der Waals surface area contributed by atoms with Crippen molar-refractivity contribution in [2.75, 3.05) is 18.4 Å². The van der Waals surface area contributed by atoms with E-state index in [1.165, 1.54) is 0 Å². The van der Waals surface area contributed by atoms with E-state index < -0.39 is 11.8 Å². The highest BCUT2D eigenvalue weighted by Gasteiger charge is 2.19. The van der Waals surface area contributed by atoms with Crippen molar-refractivity contribution in [1.29, 1.82) is 0 Å². The van der Waals surface area contributed by atoms with Gasteiger partial charge in [-0.15, -0.1) is 10.2 Å². The Morgan fingerprint density at radius 2 is 1.83 bits per heavy atom. The molecule has 3 rings (SSSR count). The molecule has 0 saturated carbocycles. The van der Waals surface area contributed by atoms with Gasteiger partial charge in [0.05, 0.1) is 12.2 Å². The molecule has 3 aromatic rings. The summed E-state index contributed by atoms with van der Waals surface area (Å²) in [6.07, 6.45) is 0. The molecule has 8 nitrogen and oxygen atoms in total. The fraction of sp³-hybridized carbons (Fsp3) is 0.273. The number of para-hydroxylation sites is 1. The van der Waals surface area contributed by atoms with Gasteiger partial charge < -0.3 is 10.4 Å². The number of carbonyl (C=O) groups is 2. The number of aryl methyl sites for hydroxylation is 1. The van der Waals surface area contributed by atoms with Gasteiger partial charge in [-0.2, -0.15) is 0 Å². The number of amides is 2. The summed E-state index contributed by atoms with van der Waals surface area (Å²) in [7, 11) is 0. The summed E-state index contributed by atoms with van der Waals surface area (Å²) in [5.41, 5.74) is 2.39. The summed E-state index contributed by atoms with van der Waals surface area (Å²) in [5, 5.41) is 21.4. The van der Waals surface area contributed by atoms with Gasteiger partial charge in [0.15, 0.2) is 5.69 Å². The summed E-state index contributed by atoms with van der Waals surface area (Å²) in [5.74, 6) is -2.04. The van der Waals surface area contributed by atoms with Crippen LogP contribution in [0.15, 0.2) is 58.8 Å². The van der Waals surface area contributed by atoms with Crippen molar-refractivity contribution in [2.45, 2.75) is 27.4 Å². The average Bonchev–Trinajstić information content (AvgIpc) is 3.01. The van der Waals surface area contributed by atoms with Crippen LogP contribution in [0.1, 0.15) is 19.4 Å². The molecule has 0 atom stereocenters. The average molecular weight is 407 g/mol. The Balaban J connectivity index is 1.85. The van der Waals surface area contributed by atoms with E-state index in [0.29, 0.717) is 17.7 Å². The number of carbonyl (C=O) groups excluding carboxylic acids is 2. The molecule has 0 spiro atoms. The van der Waals surface area contributed by atoms with Crippen molar-refractivity contribution in [1.82, 2.24) is 9.47 Å². The van der Waals surface area contributed by atoms with Gasteiger partial charge in [0, 0.05) is 11.1 Å². The van der Waals surface area contributed by atoms with E-state index in [2.05, 4.69) is 20.4 Å². The lowest BCUT2D eigenvalue weighted by Crippen LogP contribution is -2.25. The van der Waals surface area contributed by atoms with E-state index in [4.69, 9.17) is 0 Å². The maximum atomic E-state index is 12.2. The lowest BCUT2D eigenvalue weighted by molar-refractivity contribution is -0.134. The van der Waals surface area contributed by atoms with Crippen LogP contribution in [0, 0.1) is 6.92 Å². The fourth-order valence-corrected chi connectivity index (χ4v) is 3.19. The largest absolute Gasteiger partial charge is 0.493 e. The molecule has 0 aliphatic carbocycles. The van der Waals surface area contributed by atoms with Gasteiger partial charge >= 0.3 is 11.8 Å². The quantitative estimate of drug-likeness (QED) is 0.472. The molecule has 1 heterocycles. The second-order valence-electron chi connectivity index (χ2n) is 6.89. The highest BCUT2D eigenvalue weighted by molar-refractivity contribution is 6.40. The van der Waals surface area contributed by atoms with Gasteiger partial charge in [-0.25, -0.2) is 0 Å². The Bertz CT molecular complexity index is 1100.